The van der Waals surface area contributed by atoms with Crippen LogP contribution < -0.4 is 10.6 Å². The Labute approximate surface area is 118 Å². The smallest absolute Gasteiger partial charge is 0.227 e. The summed E-state index contributed by atoms with van der Waals surface area (Å²) in [6.07, 6.45) is 5.75. The molecule has 1 amide bonds. The van der Waals surface area contributed by atoms with E-state index in [1.165, 1.54) is 0 Å². The van der Waals surface area contributed by atoms with Crippen LogP contribution in [0.15, 0.2) is 42.7 Å². The Kier molecular flexibility index (Phi) is 3.37. The molecule has 0 unspecified atom stereocenters. The van der Waals surface area contributed by atoms with Gasteiger partial charge >= 0.3 is 0 Å². The first kappa shape index (κ1) is 12.7. The van der Waals surface area contributed by atoms with Crippen LogP contribution >= 0.6 is 0 Å². The average Bonchev–Trinajstić information content (AvgIpc) is 2.47. The van der Waals surface area contributed by atoms with E-state index in [2.05, 4.69) is 4.98 Å². The number of rotatable bonds is 3. The van der Waals surface area contributed by atoms with Gasteiger partial charge in [-0.2, -0.15) is 0 Å². The molecule has 0 fully saturated rings. The first-order chi connectivity index (χ1) is 9.74. The van der Waals surface area contributed by atoms with E-state index < -0.39 is 0 Å². The summed E-state index contributed by atoms with van der Waals surface area (Å²) in [6.45, 7) is 0.682. The normalized spacial score (nSPS) is 14.2. The average molecular weight is 267 g/mol. The van der Waals surface area contributed by atoms with Crippen LogP contribution in [-0.2, 0) is 17.6 Å². The number of anilines is 2. The molecule has 4 nitrogen and oxygen atoms in total. The largest absolute Gasteiger partial charge is 0.399 e. The molecule has 1 aliphatic heterocycles. The van der Waals surface area contributed by atoms with E-state index in [9.17, 15) is 4.79 Å². The monoisotopic (exact) mass is 267 g/mol. The maximum Gasteiger partial charge on any atom is 0.227 e. The molecule has 20 heavy (non-hydrogen) atoms. The molecule has 4 heteroatoms. The van der Waals surface area contributed by atoms with Crippen molar-refractivity contribution in [3.05, 3.63) is 53.9 Å². The second kappa shape index (κ2) is 5.33. The molecule has 0 spiro atoms. The summed E-state index contributed by atoms with van der Waals surface area (Å²) in [5.74, 6) is 0.186. The maximum absolute atomic E-state index is 12.1. The van der Waals surface area contributed by atoms with Crippen LogP contribution in [0.3, 0.4) is 0 Å². The molecule has 2 aromatic rings. The van der Waals surface area contributed by atoms with Crippen molar-refractivity contribution in [3.63, 3.8) is 0 Å². The molecule has 0 radical (unpaired) electrons. The highest BCUT2D eigenvalue weighted by Gasteiger charge is 2.23. The number of carbonyl (C=O) groups excluding carboxylic acids is 1. The fourth-order valence-corrected chi connectivity index (χ4v) is 2.61. The van der Waals surface area contributed by atoms with Crippen LogP contribution in [0.4, 0.5) is 11.4 Å². The molecular weight excluding hydrogens is 250 g/mol. The predicted molar refractivity (Wildman–Crippen MR) is 79.5 cm³/mol. The van der Waals surface area contributed by atoms with Crippen LogP contribution in [0.25, 0.3) is 0 Å². The van der Waals surface area contributed by atoms with Gasteiger partial charge in [-0.15, -0.1) is 0 Å². The fourth-order valence-electron chi connectivity index (χ4n) is 2.61. The minimum absolute atomic E-state index is 0.186. The van der Waals surface area contributed by atoms with Gasteiger partial charge in [-0.05, 0) is 48.2 Å². The molecule has 0 atom stereocenters. The van der Waals surface area contributed by atoms with Gasteiger partial charge in [0, 0.05) is 36.7 Å². The molecule has 3 rings (SSSR count). The lowest BCUT2D eigenvalue weighted by molar-refractivity contribution is -0.118. The van der Waals surface area contributed by atoms with Crippen molar-refractivity contribution in [1.82, 2.24) is 4.98 Å². The van der Waals surface area contributed by atoms with Gasteiger partial charge in [-0.25, -0.2) is 0 Å². The van der Waals surface area contributed by atoms with E-state index in [4.69, 9.17) is 5.73 Å². The van der Waals surface area contributed by atoms with Crippen molar-refractivity contribution < 1.29 is 4.79 Å². The zero-order valence-electron chi connectivity index (χ0n) is 11.2. The Morgan fingerprint density at radius 1 is 1.25 bits per heavy atom. The van der Waals surface area contributed by atoms with Crippen LogP contribution in [0.5, 0.6) is 0 Å². The molecule has 2 heterocycles. The lowest BCUT2D eigenvalue weighted by Crippen LogP contribution is -2.36. The maximum atomic E-state index is 12.1. The minimum Gasteiger partial charge on any atom is -0.399 e. The van der Waals surface area contributed by atoms with Crippen LogP contribution in [0, 0.1) is 0 Å². The van der Waals surface area contributed by atoms with Crippen molar-refractivity contribution in [3.8, 4) is 0 Å². The van der Waals surface area contributed by atoms with Crippen molar-refractivity contribution in [2.45, 2.75) is 19.3 Å². The Morgan fingerprint density at radius 2 is 2.15 bits per heavy atom. The number of nitrogen functional groups attached to an aromatic ring is 1. The number of nitrogens with zero attached hydrogens (tertiary/aromatic N) is 2. The highest BCUT2D eigenvalue weighted by molar-refractivity contribution is 5.96. The number of carbonyl (C=O) groups is 1. The lowest BCUT2D eigenvalue weighted by atomic mass is 10.00. The van der Waals surface area contributed by atoms with Gasteiger partial charge in [0.15, 0.2) is 0 Å². The van der Waals surface area contributed by atoms with Crippen LogP contribution in [0.2, 0.25) is 0 Å². The van der Waals surface area contributed by atoms with Gasteiger partial charge in [0.1, 0.15) is 0 Å². The van der Waals surface area contributed by atoms with Crippen LogP contribution in [-0.4, -0.2) is 17.4 Å². The highest BCUT2D eigenvalue weighted by Crippen LogP contribution is 2.29. The highest BCUT2D eigenvalue weighted by atomic mass is 16.2. The topological polar surface area (TPSA) is 59.2 Å². The Balaban J connectivity index is 1.81. The second-order valence-corrected chi connectivity index (χ2v) is 5.04. The predicted octanol–water partition coefficient (Wildman–Crippen LogP) is 2.19. The summed E-state index contributed by atoms with van der Waals surface area (Å²) in [5.41, 5.74) is 9.87. The summed E-state index contributed by atoms with van der Waals surface area (Å²) in [5, 5.41) is 0. The molecule has 0 saturated heterocycles. The second-order valence-electron chi connectivity index (χ2n) is 5.04. The third-order valence-corrected chi connectivity index (χ3v) is 3.65. The molecule has 2 N–H and O–H groups in total. The number of hydrogen-bond donors (Lipinski definition) is 1. The first-order valence-electron chi connectivity index (χ1n) is 6.82. The molecule has 102 valence electrons. The van der Waals surface area contributed by atoms with Gasteiger partial charge in [0.05, 0.1) is 0 Å². The Morgan fingerprint density at radius 3 is 2.95 bits per heavy atom. The van der Waals surface area contributed by atoms with Crippen molar-refractivity contribution in [1.29, 1.82) is 0 Å². The van der Waals surface area contributed by atoms with E-state index in [1.54, 1.807) is 6.20 Å². The van der Waals surface area contributed by atoms with Crippen molar-refractivity contribution >= 4 is 17.3 Å². The summed E-state index contributed by atoms with van der Waals surface area (Å²) in [7, 11) is 0. The van der Waals surface area contributed by atoms with Crippen LogP contribution in [0.1, 0.15) is 17.5 Å². The number of nitrogens with two attached hydrogens (primary N) is 1. The number of fused-ring (bicyclic) bond motifs is 1. The van der Waals surface area contributed by atoms with Gasteiger partial charge < -0.3 is 10.6 Å². The number of benzene rings is 1. The standard InChI is InChI=1S/C16H17N3O/c17-14-4-5-15-13(10-14)3-6-16(20)19(15)9-7-12-2-1-8-18-11-12/h1-2,4-5,8,10-11H,3,6-7,9,17H2. The first-order valence-corrected chi connectivity index (χ1v) is 6.82. The quantitative estimate of drug-likeness (QED) is 0.867. The van der Waals surface area contributed by atoms with Gasteiger partial charge in [-0.1, -0.05) is 6.07 Å². The van der Waals surface area contributed by atoms with Gasteiger partial charge in [-0.3, -0.25) is 9.78 Å². The number of pyridine rings is 1. The van der Waals surface area contributed by atoms with E-state index in [-0.39, 0.29) is 5.91 Å². The minimum atomic E-state index is 0.186. The van der Waals surface area contributed by atoms with Crippen molar-refractivity contribution in [2.75, 3.05) is 17.2 Å². The third kappa shape index (κ3) is 2.50. The molecular formula is C16H17N3O. The van der Waals surface area contributed by atoms with E-state index in [1.807, 2.05) is 41.4 Å². The summed E-state index contributed by atoms with van der Waals surface area (Å²) in [6, 6.07) is 9.73. The Bertz CT molecular complexity index is 625. The molecule has 0 saturated carbocycles. The lowest BCUT2D eigenvalue weighted by Gasteiger charge is -2.29. The zero-order chi connectivity index (χ0) is 13.9. The van der Waals surface area contributed by atoms with E-state index in [0.29, 0.717) is 13.0 Å². The number of amides is 1. The molecule has 1 aromatic carbocycles. The molecule has 0 bridgehead atoms. The molecule has 0 aliphatic carbocycles. The SMILES string of the molecule is Nc1ccc2c(c1)CCC(=O)N2CCc1cccnc1. The van der Waals surface area contributed by atoms with Gasteiger partial charge in [0.25, 0.3) is 0 Å². The third-order valence-electron chi connectivity index (χ3n) is 3.65. The molecule has 1 aliphatic rings. The number of hydrogen-bond acceptors (Lipinski definition) is 3. The number of aromatic nitrogens is 1. The van der Waals surface area contributed by atoms with Crippen molar-refractivity contribution in [2.24, 2.45) is 0 Å². The fraction of sp³-hybridized carbons (Fsp3) is 0.250. The van der Waals surface area contributed by atoms with Gasteiger partial charge in [0.2, 0.25) is 5.91 Å². The van der Waals surface area contributed by atoms with E-state index in [0.717, 1.165) is 35.3 Å². The summed E-state index contributed by atoms with van der Waals surface area (Å²) < 4.78 is 0. The zero-order valence-corrected chi connectivity index (χ0v) is 11.2. The Hall–Kier alpha value is -2.36. The molecule has 1 aromatic heterocycles. The summed E-state index contributed by atoms with van der Waals surface area (Å²) in [4.78, 5) is 18.1. The van der Waals surface area contributed by atoms with E-state index >= 15 is 0 Å². The number of aryl methyl sites for hydroxylation is 1. The summed E-state index contributed by atoms with van der Waals surface area (Å²) >= 11 is 0.